The molecule has 1 aromatic carbocycles. The van der Waals surface area contributed by atoms with Crippen LogP contribution in [0.4, 0.5) is 4.79 Å². The van der Waals surface area contributed by atoms with Crippen LogP contribution < -0.4 is 0 Å². The number of ether oxygens (including phenoxy) is 1. The zero-order valence-corrected chi connectivity index (χ0v) is 15.9. The van der Waals surface area contributed by atoms with Gasteiger partial charge in [0.05, 0.1) is 18.1 Å². The molecule has 0 aliphatic carbocycles. The van der Waals surface area contributed by atoms with E-state index in [1.165, 1.54) is 17.7 Å². The summed E-state index contributed by atoms with van der Waals surface area (Å²) in [6.07, 6.45) is 5.32. The van der Waals surface area contributed by atoms with Crippen molar-refractivity contribution in [2.45, 2.75) is 70.9 Å². The molecule has 1 aliphatic heterocycles. The quantitative estimate of drug-likeness (QED) is 0.641. The van der Waals surface area contributed by atoms with Gasteiger partial charge in [0.25, 0.3) is 0 Å². The summed E-state index contributed by atoms with van der Waals surface area (Å²) in [6.45, 7) is 4.07. The highest BCUT2D eigenvalue weighted by molar-refractivity contribution is 5.94. The van der Waals surface area contributed by atoms with Crippen LogP contribution in [0.3, 0.4) is 0 Å². The minimum atomic E-state index is -0.727. The van der Waals surface area contributed by atoms with Gasteiger partial charge in [0.1, 0.15) is 6.61 Å². The van der Waals surface area contributed by atoms with Crippen LogP contribution in [-0.2, 0) is 16.0 Å². The van der Waals surface area contributed by atoms with Crippen molar-refractivity contribution in [1.82, 2.24) is 4.90 Å². The summed E-state index contributed by atoms with van der Waals surface area (Å²) in [5, 5.41) is 10.4. The summed E-state index contributed by atoms with van der Waals surface area (Å²) in [4.78, 5) is 26.1. The molecule has 1 N–H and O–H groups in total. The van der Waals surface area contributed by atoms with Gasteiger partial charge in [-0.05, 0) is 18.4 Å². The smallest absolute Gasteiger partial charge is 0.416 e. The van der Waals surface area contributed by atoms with E-state index in [0.717, 1.165) is 24.8 Å². The maximum Gasteiger partial charge on any atom is 0.416 e. The lowest BCUT2D eigenvalue weighted by atomic mass is 9.96. The average Bonchev–Trinajstić information content (AvgIpc) is 3.01. The third-order valence-electron chi connectivity index (χ3n) is 5.08. The number of carbonyl (C=O) groups is 2. The number of amides is 2. The molecule has 1 saturated heterocycles. The van der Waals surface area contributed by atoms with E-state index in [1.54, 1.807) is 6.92 Å². The van der Waals surface area contributed by atoms with Crippen molar-refractivity contribution < 1.29 is 19.4 Å². The number of hydrogen-bond donors (Lipinski definition) is 1. The van der Waals surface area contributed by atoms with Crippen molar-refractivity contribution in [1.29, 1.82) is 0 Å². The lowest BCUT2D eigenvalue weighted by Gasteiger charge is -2.25. The number of unbranched alkanes of at least 4 members (excludes halogenated alkanes) is 4. The molecular formula is C21H31NO4. The standard InChI is InChI=1S/C21H31NO4/c1-3-4-5-6-10-13-19(23)16(2)20(24)22-18(15-26-21(22)25)14-17-11-8-7-9-12-17/h7-9,11-12,16,18-19,23H,3-6,10,13-15H2,1-2H3/t16-,18-,19+/m1/s1. The van der Waals surface area contributed by atoms with E-state index in [0.29, 0.717) is 12.8 Å². The van der Waals surface area contributed by atoms with Crippen molar-refractivity contribution in [3.05, 3.63) is 35.9 Å². The van der Waals surface area contributed by atoms with Gasteiger partial charge in [0.15, 0.2) is 0 Å². The van der Waals surface area contributed by atoms with Gasteiger partial charge in [0, 0.05) is 0 Å². The van der Waals surface area contributed by atoms with Gasteiger partial charge in [-0.15, -0.1) is 0 Å². The number of carbonyl (C=O) groups excluding carboxylic acids is 2. The number of aliphatic hydroxyl groups excluding tert-OH is 1. The van der Waals surface area contributed by atoms with E-state index in [4.69, 9.17) is 4.74 Å². The Balaban J connectivity index is 1.91. The van der Waals surface area contributed by atoms with E-state index in [-0.39, 0.29) is 18.6 Å². The van der Waals surface area contributed by atoms with E-state index >= 15 is 0 Å². The Hall–Kier alpha value is -1.88. The van der Waals surface area contributed by atoms with Gasteiger partial charge >= 0.3 is 6.09 Å². The lowest BCUT2D eigenvalue weighted by Crippen LogP contribution is -2.45. The molecule has 2 amide bonds. The van der Waals surface area contributed by atoms with E-state index in [1.807, 2.05) is 30.3 Å². The second kappa shape index (κ2) is 10.3. The predicted molar refractivity (Wildman–Crippen MR) is 101 cm³/mol. The highest BCUT2D eigenvalue weighted by atomic mass is 16.6. The molecule has 0 saturated carbocycles. The molecule has 1 aromatic rings. The van der Waals surface area contributed by atoms with Gasteiger partial charge in [-0.25, -0.2) is 9.69 Å². The van der Waals surface area contributed by atoms with E-state index in [9.17, 15) is 14.7 Å². The largest absolute Gasteiger partial charge is 0.447 e. The van der Waals surface area contributed by atoms with Gasteiger partial charge in [-0.1, -0.05) is 76.3 Å². The first-order valence-electron chi connectivity index (χ1n) is 9.76. The average molecular weight is 361 g/mol. The topological polar surface area (TPSA) is 66.8 Å². The highest BCUT2D eigenvalue weighted by Crippen LogP contribution is 2.22. The number of hydrogen-bond acceptors (Lipinski definition) is 4. The second-order valence-electron chi connectivity index (χ2n) is 7.19. The molecule has 0 spiro atoms. The fourth-order valence-corrected chi connectivity index (χ4v) is 3.36. The number of rotatable bonds is 10. The van der Waals surface area contributed by atoms with Gasteiger partial charge in [-0.3, -0.25) is 4.79 Å². The molecule has 0 unspecified atom stereocenters. The number of cyclic esters (lactones) is 1. The molecule has 26 heavy (non-hydrogen) atoms. The molecule has 3 atom stereocenters. The zero-order chi connectivity index (χ0) is 18.9. The molecule has 1 aliphatic rings. The van der Waals surface area contributed by atoms with Crippen LogP contribution in [0.15, 0.2) is 30.3 Å². The van der Waals surface area contributed by atoms with Gasteiger partial charge < -0.3 is 9.84 Å². The third kappa shape index (κ3) is 5.56. The van der Waals surface area contributed by atoms with E-state index in [2.05, 4.69) is 6.92 Å². The van der Waals surface area contributed by atoms with Gasteiger partial charge in [-0.2, -0.15) is 0 Å². The summed E-state index contributed by atoms with van der Waals surface area (Å²) in [6, 6.07) is 9.44. The Labute approximate surface area is 156 Å². The first-order chi connectivity index (χ1) is 12.5. The minimum absolute atomic E-state index is 0.208. The summed E-state index contributed by atoms with van der Waals surface area (Å²) in [5.41, 5.74) is 1.05. The van der Waals surface area contributed by atoms with Crippen LogP contribution >= 0.6 is 0 Å². The van der Waals surface area contributed by atoms with Crippen molar-refractivity contribution in [2.75, 3.05) is 6.61 Å². The molecule has 144 valence electrons. The SMILES string of the molecule is CCCCCCC[C@H](O)[C@@H](C)C(=O)N1C(=O)OC[C@H]1Cc1ccccc1. The molecular weight excluding hydrogens is 330 g/mol. The first-order valence-corrected chi connectivity index (χ1v) is 9.76. The molecule has 5 heteroatoms. The van der Waals surface area contributed by atoms with Crippen LogP contribution in [0.5, 0.6) is 0 Å². The molecule has 0 aromatic heterocycles. The number of imide groups is 1. The Morgan fingerprint density at radius 2 is 1.92 bits per heavy atom. The molecule has 0 bridgehead atoms. The monoisotopic (exact) mass is 361 g/mol. The van der Waals surface area contributed by atoms with E-state index < -0.39 is 18.1 Å². The fourth-order valence-electron chi connectivity index (χ4n) is 3.36. The summed E-state index contributed by atoms with van der Waals surface area (Å²) in [5.74, 6) is -0.945. The number of nitrogens with zero attached hydrogens (tertiary/aromatic N) is 1. The van der Waals surface area contributed by atoms with Crippen LogP contribution in [-0.4, -0.2) is 40.8 Å². The molecule has 5 nitrogen and oxygen atoms in total. The predicted octanol–water partition coefficient (Wildman–Crippen LogP) is 3.93. The molecule has 0 radical (unpaired) electrons. The lowest BCUT2D eigenvalue weighted by molar-refractivity contribution is -0.136. The van der Waals surface area contributed by atoms with Crippen molar-refractivity contribution >= 4 is 12.0 Å². The van der Waals surface area contributed by atoms with Crippen LogP contribution in [0, 0.1) is 5.92 Å². The Kier molecular flexibility index (Phi) is 8.10. The third-order valence-corrected chi connectivity index (χ3v) is 5.08. The number of benzene rings is 1. The molecule has 2 rings (SSSR count). The summed E-state index contributed by atoms with van der Waals surface area (Å²) >= 11 is 0. The first kappa shape index (κ1) is 20.4. The Morgan fingerprint density at radius 1 is 1.23 bits per heavy atom. The van der Waals surface area contributed by atoms with Crippen LogP contribution in [0.2, 0.25) is 0 Å². The second-order valence-corrected chi connectivity index (χ2v) is 7.19. The summed E-state index contributed by atoms with van der Waals surface area (Å²) in [7, 11) is 0. The molecule has 1 fully saturated rings. The fraction of sp³-hybridized carbons (Fsp3) is 0.619. The van der Waals surface area contributed by atoms with Crippen LogP contribution in [0.1, 0.15) is 57.9 Å². The number of aliphatic hydroxyl groups is 1. The maximum atomic E-state index is 12.8. The maximum absolute atomic E-state index is 12.8. The van der Waals surface area contributed by atoms with Crippen LogP contribution in [0.25, 0.3) is 0 Å². The van der Waals surface area contributed by atoms with Crippen molar-refractivity contribution in [2.24, 2.45) is 5.92 Å². The Bertz CT molecular complexity index is 575. The summed E-state index contributed by atoms with van der Waals surface area (Å²) < 4.78 is 5.11. The van der Waals surface area contributed by atoms with Gasteiger partial charge in [0.2, 0.25) is 5.91 Å². The Morgan fingerprint density at radius 3 is 2.62 bits per heavy atom. The molecule has 1 heterocycles. The minimum Gasteiger partial charge on any atom is -0.447 e. The highest BCUT2D eigenvalue weighted by Gasteiger charge is 2.41. The van der Waals surface area contributed by atoms with Crippen molar-refractivity contribution in [3.63, 3.8) is 0 Å². The normalized spacial score (nSPS) is 19.3. The van der Waals surface area contributed by atoms with Crippen molar-refractivity contribution in [3.8, 4) is 0 Å². The zero-order valence-electron chi connectivity index (χ0n) is 15.9.